The first kappa shape index (κ1) is 28.7. The van der Waals surface area contributed by atoms with Crippen molar-refractivity contribution in [2.45, 2.75) is 62.7 Å². The normalized spacial score (nSPS) is 18.9. The summed E-state index contributed by atoms with van der Waals surface area (Å²) < 4.78 is 6.10. The van der Waals surface area contributed by atoms with E-state index in [1.807, 2.05) is 30.3 Å². The molecule has 5 rings (SSSR count). The van der Waals surface area contributed by atoms with E-state index in [0.717, 1.165) is 31.2 Å². The van der Waals surface area contributed by atoms with Gasteiger partial charge in [-0.1, -0.05) is 110 Å². The smallest absolute Gasteiger partial charge is 0.320 e. The minimum Gasteiger partial charge on any atom is -0.456 e. The topological polar surface area (TPSA) is 95.9 Å². The summed E-state index contributed by atoms with van der Waals surface area (Å²) in [6.45, 7) is 0.506. The number of amides is 2. The summed E-state index contributed by atoms with van der Waals surface area (Å²) in [6.07, 6.45) is 6.42. The van der Waals surface area contributed by atoms with Crippen molar-refractivity contribution >= 4 is 17.8 Å². The molecule has 0 spiro atoms. The molecule has 0 aromatic heterocycles. The van der Waals surface area contributed by atoms with Gasteiger partial charge in [-0.3, -0.25) is 24.6 Å². The van der Waals surface area contributed by atoms with Gasteiger partial charge in [0.05, 0.1) is 12.6 Å². The van der Waals surface area contributed by atoms with E-state index >= 15 is 0 Å². The van der Waals surface area contributed by atoms with Crippen LogP contribution < -0.4 is 5.32 Å². The molecule has 0 radical (unpaired) electrons. The van der Waals surface area contributed by atoms with Gasteiger partial charge in [0, 0.05) is 5.92 Å². The van der Waals surface area contributed by atoms with Gasteiger partial charge in [0.1, 0.15) is 6.10 Å². The molecule has 2 amide bonds. The third-order valence-electron chi connectivity index (χ3n) is 8.41. The van der Waals surface area contributed by atoms with Crippen LogP contribution in [0.4, 0.5) is 0 Å². The fraction of sp³-hybridized carbons (Fsp3) is 0.382. The molecule has 7 nitrogen and oxygen atoms in total. The van der Waals surface area contributed by atoms with E-state index in [1.165, 1.54) is 6.42 Å². The molecule has 2 fully saturated rings. The van der Waals surface area contributed by atoms with E-state index in [2.05, 4.69) is 5.32 Å². The third kappa shape index (κ3) is 6.58. The van der Waals surface area contributed by atoms with Crippen LogP contribution in [0.1, 0.15) is 67.7 Å². The van der Waals surface area contributed by atoms with Crippen LogP contribution >= 0.6 is 0 Å². The number of hydrogen-bond acceptors (Lipinski definition) is 6. The molecule has 0 bridgehead atoms. The molecule has 41 heavy (non-hydrogen) atoms. The number of ether oxygens (including phenoxy) is 1. The predicted octanol–water partition coefficient (Wildman–Crippen LogP) is 4.89. The molecule has 214 valence electrons. The van der Waals surface area contributed by atoms with E-state index in [9.17, 15) is 19.5 Å². The van der Waals surface area contributed by atoms with Crippen molar-refractivity contribution in [2.75, 3.05) is 13.1 Å². The Hall–Kier alpha value is -3.81. The highest BCUT2D eigenvalue weighted by molar-refractivity contribution is 6.03. The molecule has 1 aliphatic heterocycles. The first-order valence-corrected chi connectivity index (χ1v) is 14.6. The van der Waals surface area contributed by atoms with Crippen LogP contribution in [0.3, 0.4) is 0 Å². The quantitative estimate of drug-likeness (QED) is 0.366. The molecular weight excluding hydrogens is 516 g/mol. The lowest BCUT2D eigenvalue weighted by molar-refractivity contribution is -0.155. The number of esters is 1. The number of benzene rings is 3. The van der Waals surface area contributed by atoms with E-state index in [-0.39, 0.29) is 24.5 Å². The molecule has 2 aliphatic rings. The zero-order valence-electron chi connectivity index (χ0n) is 23.3. The first-order valence-electron chi connectivity index (χ1n) is 14.6. The van der Waals surface area contributed by atoms with Gasteiger partial charge in [0.15, 0.2) is 5.60 Å². The zero-order chi connectivity index (χ0) is 28.7. The number of imide groups is 1. The van der Waals surface area contributed by atoms with E-state index < -0.39 is 23.5 Å². The second-order valence-electron chi connectivity index (χ2n) is 11.1. The maximum atomic E-state index is 13.5. The second-order valence-corrected chi connectivity index (χ2v) is 11.1. The number of carbonyl (C=O) groups excluding carboxylic acids is 3. The van der Waals surface area contributed by atoms with Crippen LogP contribution in [0.15, 0.2) is 91.0 Å². The van der Waals surface area contributed by atoms with Crippen molar-refractivity contribution in [1.29, 1.82) is 0 Å². The summed E-state index contributed by atoms with van der Waals surface area (Å²) in [6, 6.07) is 26.4. The van der Waals surface area contributed by atoms with Crippen LogP contribution in [0.25, 0.3) is 0 Å². The summed E-state index contributed by atoms with van der Waals surface area (Å²) in [5.74, 6) is -1.45. The number of likely N-dealkylation sites (tertiary alicyclic amines) is 1. The van der Waals surface area contributed by atoms with Gasteiger partial charge in [0.25, 0.3) is 5.91 Å². The number of nitrogens with one attached hydrogen (secondary N) is 1. The Bertz CT molecular complexity index is 1270. The molecule has 2 N–H and O–H groups in total. The molecule has 2 atom stereocenters. The molecule has 7 heteroatoms. The molecular formula is C34H38N2O5. The Balaban J connectivity index is 1.27. The van der Waals surface area contributed by atoms with Crippen molar-refractivity contribution in [3.8, 4) is 0 Å². The highest BCUT2D eigenvalue weighted by Crippen LogP contribution is 2.37. The predicted molar refractivity (Wildman–Crippen MR) is 155 cm³/mol. The van der Waals surface area contributed by atoms with Gasteiger partial charge in [0.2, 0.25) is 5.91 Å². The van der Waals surface area contributed by atoms with Gasteiger partial charge in [-0.15, -0.1) is 0 Å². The Morgan fingerprint density at radius 3 is 1.95 bits per heavy atom. The largest absolute Gasteiger partial charge is 0.456 e. The monoisotopic (exact) mass is 554 g/mol. The Kier molecular flexibility index (Phi) is 9.27. The molecule has 1 aliphatic carbocycles. The van der Waals surface area contributed by atoms with Gasteiger partial charge in [-0.2, -0.15) is 0 Å². The number of rotatable bonds is 9. The minimum atomic E-state index is -2.05. The molecule has 1 saturated heterocycles. The van der Waals surface area contributed by atoms with Crippen molar-refractivity contribution in [2.24, 2.45) is 5.92 Å². The van der Waals surface area contributed by atoms with Gasteiger partial charge in [-0.05, 0) is 48.9 Å². The van der Waals surface area contributed by atoms with Gasteiger partial charge >= 0.3 is 5.97 Å². The van der Waals surface area contributed by atoms with E-state index in [0.29, 0.717) is 30.5 Å². The lowest BCUT2D eigenvalue weighted by atomic mass is 9.82. The van der Waals surface area contributed by atoms with Crippen LogP contribution in [0, 0.1) is 5.92 Å². The second kappa shape index (κ2) is 13.2. The Morgan fingerprint density at radius 1 is 0.805 bits per heavy atom. The van der Waals surface area contributed by atoms with Crippen molar-refractivity contribution in [1.82, 2.24) is 10.2 Å². The Morgan fingerprint density at radius 2 is 1.37 bits per heavy atom. The van der Waals surface area contributed by atoms with Crippen LogP contribution in [0.2, 0.25) is 0 Å². The summed E-state index contributed by atoms with van der Waals surface area (Å²) in [5, 5.41) is 14.2. The highest BCUT2D eigenvalue weighted by Gasteiger charge is 2.43. The first-order chi connectivity index (χ1) is 20.0. The summed E-state index contributed by atoms with van der Waals surface area (Å²) in [4.78, 5) is 42.0. The number of carbonyl (C=O) groups is 3. The molecule has 3 aromatic carbocycles. The lowest BCUT2D eigenvalue weighted by Gasteiger charge is -2.31. The summed E-state index contributed by atoms with van der Waals surface area (Å²) >= 11 is 0. The SMILES string of the molecule is O=C(CN1CCC[C@H]1C(=O)NC(=O)C(O)(c1ccccc1)c1ccccc1)OC(c1ccccc1)C1CCCCC1. The van der Waals surface area contributed by atoms with Crippen LogP contribution in [-0.4, -0.2) is 46.9 Å². The average Bonchev–Trinajstić information content (AvgIpc) is 3.49. The van der Waals surface area contributed by atoms with Gasteiger partial charge in [-0.25, -0.2) is 0 Å². The van der Waals surface area contributed by atoms with Crippen molar-refractivity contribution < 1.29 is 24.2 Å². The summed E-state index contributed by atoms with van der Waals surface area (Å²) in [5.41, 5.74) is -0.338. The maximum absolute atomic E-state index is 13.5. The summed E-state index contributed by atoms with van der Waals surface area (Å²) in [7, 11) is 0. The maximum Gasteiger partial charge on any atom is 0.320 e. The lowest BCUT2D eigenvalue weighted by Crippen LogP contribution is -2.53. The molecule has 1 unspecified atom stereocenters. The standard InChI is InChI=1S/C34H38N2O5/c37-30(41-31(25-14-5-1-6-15-25)26-16-7-2-8-17-26)24-36-23-13-22-29(36)32(38)35-33(39)34(40,27-18-9-3-10-19-27)28-20-11-4-12-21-28/h1,3-6,9-12,14-15,18-21,26,29,31,40H,2,7-8,13,16-17,22-24H2,(H,35,38,39)/t29-,31?/m0/s1. The number of aliphatic hydroxyl groups is 1. The van der Waals surface area contributed by atoms with Crippen molar-refractivity contribution in [3.63, 3.8) is 0 Å². The number of hydrogen-bond donors (Lipinski definition) is 2. The fourth-order valence-electron chi connectivity index (χ4n) is 6.25. The molecule has 1 heterocycles. The highest BCUT2D eigenvalue weighted by atomic mass is 16.5. The number of nitrogens with zero attached hydrogens (tertiary/aromatic N) is 1. The third-order valence-corrected chi connectivity index (χ3v) is 8.41. The van der Waals surface area contributed by atoms with E-state index in [4.69, 9.17) is 4.74 Å². The van der Waals surface area contributed by atoms with Gasteiger partial charge < -0.3 is 9.84 Å². The molecule has 1 saturated carbocycles. The average molecular weight is 555 g/mol. The molecule has 3 aromatic rings. The van der Waals surface area contributed by atoms with E-state index in [1.54, 1.807) is 65.6 Å². The Labute approximate surface area is 241 Å². The zero-order valence-corrected chi connectivity index (χ0v) is 23.3. The fourth-order valence-corrected chi connectivity index (χ4v) is 6.25. The van der Waals surface area contributed by atoms with Crippen LogP contribution in [0.5, 0.6) is 0 Å². The van der Waals surface area contributed by atoms with Crippen molar-refractivity contribution in [3.05, 3.63) is 108 Å². The minimum absolute atomic E-state index is 0.0377. The van der Waals surface area contributed by atoms with Crippen LogP contribution in [-0.2, 0) is 24.7 Å².